The monoisotopic (exact) mass is 240 g/mol. The van der Waals surface area contributed by atoms with Crippen LogP contribution in [-0.4, -0.2) is 11.6 Å². The summed E-state index contributed by atoms with van der Waals surface area (Å²) >= 11 is 0. The van der Waals surface area contributed by atoms with Crippen LogP contribution in [0.5, 0.6) is 0 Å². The topological polar surface area (TPSA) is 34.1 Å². The lowest BCUT2D eigenvalue weighted by Gasteiger charge is -2.01. The van der Waals surface area contributed by atoms with E-state index in [1.807, 2.05) is 0 Å². The van der Waals surface area contributed by atoms with Gasteiger partial charge < -0.3 is 0 Å². The van der Waals surface area contributed by atoms with Crippen LogP contribution in [-0.2, 0) is 9.59 Å². The molecule has 0 atom stereocenters. The summed E-state index contributed by atoms with van der Waals surface area (Å²) in [6, 6.07) is 0. The molecule has 0 saturated carbocycles. The van der Waals surface area contributed by atoms with Crippen LogP contribution in [0.4, 0.5) is 0 Å². The number of hydrogen-bond acceptors (Lipinski definition) is 2. The van der Waals surface area contributed by atoms with Gasteiger partial charge in [0.1, 0.15) is 11.6 Å². The van der Waals surface area contributed by atoms with Crippen LogP contribution in [0.25, 0.3) is 0 Å². The Morgan fingerprint density at radius 2 is 1.00 bits per heavy atom. The largest absolute Gasteiger partial charge is 0.300 e. The quantitative estimate of drug-likeness (QED) is 0.472. The van der Waals surface area contributed by atoms with Crippen LogP contribution in [0.2, 0.25) is 0 Å². The third kappa shape index (κ3) is 11.6. The molecular formula is C15H28O2. The Morgan fingerprint density at radius 3 is 1.47 bits per heavy atom. The van der Waals surface area contributed by atoms with Gasteiger partial charge in [0.05, 0.1) is 0 Å². The van der Waals surface area contributed by atoms with Crippen molar-refractivity contribution in [1.82, 2.24) is 0 Å². The lowest BCUT2D eigenvalue weighted by Crippen LogP contribution is -2.04. The zero-order chi connectivity index (χ0) is 12.9. The molecule has 0 aromatic heterocycles. The molecule has 0 radical (unpaired) electrons. The highest BCUT2D eigenvalue weighted by Gasteiger charge is 2.06. The standard InChI is InChI=1S/C15H28O2/c1-3-5-7-9-11-15(17)13-12-14(16)10-8-6-4-2/h3-13H2,1-2H3. The molecule has 0 unspecified atom stereocenters. The molecule has 0 saturated heterocycles. The van der Waals surface area contributed by atoms with Crippen LogP contribution in [0.1, 0.15) is 84.5 Å². The van der Waals surface area contributed by atoms with Crippen molar-refractivity contribution in [2.24, 2.45) is 0 Å². The van der Waals surface area contributed by atoms with E-state index in [0.29, 0.717) is 25.7 Å². The van der Waals surface area contributed by atoms with Gasteiger partial charge in [0.15, 0.2) is 0 Å². The van der Waals surface area contributed by atoms with Crippen LogP contribution < -0.4 is 0 Å². The average molecular weight is 240 g/mol. The van der Waals surface area contributed by atoms with Gasteiger partial charge in [-0.05, 0) is 12.8 Å². The zero-order valence-corrected chi connectivity index (χ0v) is 11.6. The maximum Gasteiger partial charge on any atom is 0.133 e. The van der Waals surface area contributed by atoms with E-state index in [0.717, 1.165) is 32.1 Å². The van der Waals surface area contributed by atoms with Gasteiger partial charge in [-0.15, -0.1) is 0 Å². The Balaban J connectivity index is 3.39. The second-order valence-corrected chi connectivity index (χ2v) is 4.85. The fraction of sp³-hybridized carbons (Fsp3) is 0.867. The van der Waals surface area contributed by atoms with Crippen molar-refractivity contribution in [3.8, 4) is 0 Å². The first kappa shape index (κ1) is 16.3. The van der Waals surface area contributed by atoms with Crippen molar-refractivity contribution in [1.29, 1.82) is 0 Å². The van der Waals surface area contributed by atoms with E-state index >= 15 is 0 Å². The van der Waals surface area contributed by atoms with E-state index in [1.54, 1.807) is 0 Å². The lowest BCUT2D eigenvalue weighted by molar-refractivity contribution is -0.124. The normalized spacial score (nSPS) is 10.5. The molecule has 0 N–H and O–H groups in total. The van der Waals surface area contributed by atoms with Gasteiger partial charge >= 0.3 is 0 Å². The zero-order valence-electron chi connectivity index (χ0n) is 11.6. The minimum Gasteiger partial charge on any atom is -0.300 e. The number of Topliss-reactive ketones (excluding diaryl/α,β-unsaturated/α-hetero) is 2. The molecule has 0 aliphatic rings. The van der Waals surface area contributed by atoms with E-state index in [9.17, 15) is 9.59 Å². The highest BCUT2D eigenvalue weighted by molar-refractivity contribution is 5.85. The molecule has 0 aliphatic heterocycles. The van der Waals surface area contributed by atoms with Crippen molar-refractivity contribution in [2.75, 3.05) is 0 Å². The smallest absolute Gasteiger partial charge is 0.133 e. The number of carbonyl (C=O) groups excluding carboxylic acids is 2. The molecule has 0 bridgehead atoms. The van der Waals surface area contributed by atoms with Crippen molar-refractivity contribution in [3.63, 3.8) is 0 Å². The molecule has 0 amide bonds. The van der Waals surface area contributed by atoms with E-state index in [2.05, 4.69) is 13.8 Å². The molecule has 100 valence electrons. The Hall–Kier alpha value is -0.660. The fourth-order valence-electron chi connectivity index (χ4n) is 1.85. The minimum absolute atomic E-state index is 0.264. The highest BCUT2D eigenvalue weighted by Crippen LogP contribution is 2.08. The number of carbonyl (C=O) groups is 2. The molecule has 2 heteroatoms. The van der Waals surface area contributed by atoms with Crippen molar-refractivity contribution in [3.05, 3.63) is 0 Å². The minimum atomic E-state index is 0.264. The Kier molecular flexibility index (Phi) is 11.4. The molecule has 0 aliphatic carbocycles. The van der Waals surface area contributed by atoms with Crippen LogP contribution >= 0.6 is 0 Å². The van der Waals surface area contributed by atoms with Gasteiger partial charge in [0.2, 0.25) is 0 Å². The van der Waals surface area contributed by atoms with E-state index in [4.69, 9.17) is 0 Å². The van der Waals surface area contributed by atoms with E-state index < -0.39 is 0 Å². The molecule has 2 nitrogen and oxygen atoms in total. The summed E-state index contributed by atoms with van der Waals surface area (Å²) < 4.78 is 0. The molecule has 0 rings (SSSR count). The average Bonchev–Trinajstić information content (AvgIpc) is 2.32. The summed E-state index contributed by atoms with van der Waals surface area (Å²) in [5, 5.41) is 0. The second-order valence-electron chi connectivity index (χ2n) is 4.85. The second kappa shape index (κ2) is 11.8. The predicted molar refractivity (Wildman–Crippen MR) is 72.1 cm³/mol. The van der Waals surface area contributed by atoms with Gasteiger partial charge in [-0.2, -0.15) is 0 Å². The maximum absolute atomic E-state index is 11.5. The summed E-state index contributed by atoms with van der Waals surface area (Å²) in [4.78, 5) is 22.9. The Labute approximate surface area is 106 Å². The molecule has 0 spiro atoms. The van der Waals surface area contributed by atoms with Crippen LogP contribution in [0.15, 0.2) is 0 Å². The predicted octanol–water partition coefficient (Wildman–Crippen LogP) is 4.46. The first-order valence-corrected chi connectivity index (χ1v) is 7.24. The fourth-order valence-corrected chi connectivity index (χ4v) is 1.85. The van der Waals surface area contributed by atoms with E-state index in [1.165, 1.54) is 12.8 Å². The van der Waals surface area contributed by atoms with Crippen molar-refractivity contribution >= 4 is 11.6 Å². The molecule has 0 fully saturated rings. The van der Waals surface area contributed by atoms with Gasteiger partial charge in [-0.3, -0.25) is 9.59 Å². The van der Waals surface area contributed by atoms with E-state index in [-0.39, 0.29) is 11.6 Å². The highest BCUT2D eigenvalue weighted by atomic mass is 16.1. The third-order valence-electron chi connectivity index (χ3n) is 3.05. The number of ketones is 2. The number of rotatable bonds is 12. The van der Waals surface area contributed by atoms with Crippen LogP contribution in [0.3, 0.4) is 0 Å². The number of hydrogen-bond donors (Lipinski definition) is 0. The van der Waals surface area contributed by atoms with Gasteiger partial charge in [-0.1, -0.05) is 46.0 Å². The summed E-state index contributed by atoms with van der Waals surface area (Å²) in [6.07, 6.45) is 10.1. The lowest BCUT2D eigenvalue weighted by atomic mass is 10.0. The SMILES string of the molecule is CCCCCCC(=O)CCC(=O)CCCCC. The van der Waals surface area contributed by atoms with Gasteiger partial charge in [-0.25, -0.2) is 0 Å². The molecule has 0 aromatic rings. The number of unbranched alkanes of at least 4 members (excludes halogenated alkanes) is 5. The third-order valence-corrected chi connectivity index (χ3v) is 3.05. The Bertz CT molecular complexity index is 209. The van der Waals surface area contributed by atoms with Gasteiger partial charge in [0, 0.05) is 25.7 Å². The summed E-state index contributed by atoms with van der Waals surface area (Å²) in [5.41, 5.74) is 0. The summed E-state index contributed by atoms with van der Waals surface area (Å²) in [7, 11) is 0. The maximum atomic E-state index is 11.5. The van der Waals surface area contributed by atoms with Crippen molar-refractivity contribution < 1.29 is 9.59 Å². The van der Waals surface area contributed by atoms with Gasteiger partial charge in [0.25, 0.3) is 0 Å². The summed E-state index contributed by atoms with van der Waals surface area (Å²) in [5.74, 6) is 0.533. The van der Waals surface area contributed by atoms with Crippen molar-refractivity contribution in [2.45, 2.75) is 84.5 Å². The molecular weight excluding hydrogens is 212 g/mol. The van der Waals surface area contributed by atoms with Crippen LogP contribution in [0, 0.1) is 0 Å². The molecule has 17 heavy (non-hydrogen) atoms. The summed E-state index contributed by atoms with van der Waals surface area (Å²) in [6.45, 7) is 4.29. The first-order chi connectivity index (χ1) is 8.20. The Morgan fingerprint density at radius 1 is 0.588 bits per heavy atom. The first-order valence-electron chi connectivity index (χ1n) is 7.24. The molecule has 0 aromatic carbocycles. The molecule has 0 heterocycles.